The van der Waals surface area contributed by atoms with Crippen molar-refractivity contribution >= 4 is 33.2 Å². The molecule has 0 spiro atoms. The minimum atomic E-state index is -0.430. The molecule has 0 atom stereocenters. The van der Waals surface area contributed by atoms with Gasteiger partial charge in [0.25, 0.3) is 5.56 Å². The van der Waals surface area contributed by atoms with Gasteiger partial charge in [-0.2, -0.15) is 0 Å². The van der Waals surface area contributed by atoms with Gasteiger partial charge < -0.3 is 5.32 Å². The molecule has 1 aromatic heterocycles. The predicted octanol–water partition coefficient (Wildman–Crippen LogP) is 2.06. The third-order valence-corrected chi connectivity index (χ3v) is 3.27. The number of hydrogen-bond acceptors (Lipinski definition) is 3. The lowest BCUT2D eigenvalue weighted by molar-refractivity contribution is 0.666. The van der Waals surface area contributed by atoms with Crippen molar-refractivity contribution in [3.8, 4) is 0 Å². The van der Waals surface area contributed by atoms with E-state index in [1.54, 1.807) is 12.1 Å². The second-order valence-electron chi connectivity index (χ2n) is 3.87. The Hall–Kier alpha value is -1.53. The summed E-state index contributed by atoms with van der Waals surface area (Å²) in [6.07, 6.45) is 1.47. The van der Waals surface area contributed by atoms with Crippen molar-refractivity contribution in [3.05, 3.63) is 60.8 Å². The lowest BCUT2D eigenvalue weighted by Crippen LogP contribution is -2.31. The topological polar surface area (TPSA) is 66.9 Å². The standard InChI is InChI=1S/C12H11BrClN3O2/c13-10-7-17(12(19)16-11(10)18)5-4-15-9-3-1-2-8(14)6-9/h1-3,6-7,15H,4-5H2,(H,16,18,19). The molecule has 2 N–H and O–H groups in total. The molecular weight excluding hydrogens is 334 g/mol. The summed E-state index contributed by atoms with van der Waals surface area (Å²) < 4.78 is 1.75. The van der Waals surface area contributed by atoms with E-state index in [4.69, 9.17) is 11.6 Å². The average Bonchev–Trinajstić information content (AvgIpc) is 2.35. The van der Waals surface area contributed by atoms with E-state index < -0.39 is 11.2 Å². The van der Waals surface area contributed by atoms with Crippen LogP contribution in [0.2, 0.25) is 5.02 Å². The quantitative estimate of drug-likeness (QED) is 0.892. The summed E-state index contributed by atoms with van der Waals surface area (Å²) in [5.41, 5.74) is 0.0224. The second kappa shape index (κ2) is 6.08. The molecule has 2 rings (SSSR count). The Kier molecular flexibility index (Phi) is 4.44. The largest absolute Gasteiger partial charge is 0.383 e. The van der Waals surface area contributed by atoms with Gasteiger partial charge in [-0.1, -0.05) is 17.7 Å². The molecule has 100 valence electrons. The van der Waals surface area contributed by atoms with Gasteiger partial charge in [-0.25, -0.2) is 4.79 Å². The Morgan fingerprint density at radius 3 is 2.89 bits per heavy atom. The monoisotopic (exact) mass is 343 g/mol. The molecule has 1 heterocycles. The summed E-state index contributed by atoms with van der Waals surface area (Å²) >= 11 is 8.95. The van der Waals surface area contributed by atoms with Crippen LogP contribution in [0, 0.1) is 0 Å². The molecule has 0 radical (unpaired) electrons. The van der Waals surface area contributed by atoms with Gasteiger partial charge >= 0.3 is 5.69 Å². The summed E-state index contributed by atoms with van der Waals surface area (Å²) in [6, 6.07) is 7.31. The van der Waals surface area contributed by atoms with Gasteiger partial charge in [0.05, 0.1) is 4.47 Å². The van der Waals surface area contributed by atoms with E-state index >= 15 is 0 Å². The van der Waals surface area contributed by atoms with Crippen molar-refractivity contribution in [2.24, 2.45) is 0 Å². The molecule has 19 heavy (non-hydrogen) atoms. The highest BCUT2D eigenvalue weighted by Gasteiger charge is 2.01. The molecular formula is C12H11BrClN3O2. The molecule has 0 unspecified atom stereocenters. The summed E-state index contributed by atoms with van der Waals surface area (Å²) in [5, 5.41) is 3.79. The van der Waals surface area contributed by atoms with Crippen LogP contribution in [0.3, 0.4) is 0 Å². The van der Waals surface area contributed by atoms with E-state index in [1.807, 2.05) is 12.1 Å². The Labute approximate surface area is 122 Å². The molecule has 0 fully saturated rings. The van der Waals surface area contributed by atoms with Crippen molar-refractivity contribution in [1.82, 2.24) is 9.55 Å². The van der Waals surface area contributed by atoms with E-state index in [-0.39, 0.29) is 0 Å². The summed E-state index contributed by atoms with van der Waals surface area (Å²) in [4.78, 5) is 24.9. The number of nitrogens with zero attached hydrogens (tertiary/aromatic N) is 1. The Balaban J connectivity index is 2.02. The average molecular weight is 345 g/mol. The fourth-order valence-corrected chi connectivity index (χ4v) is 2.10. The summed E-state index contributed by atoms with van der Waals surface area (Å²) in [5.74, 6) is 0. The molecule has 0 aliphatic carbocycles. The van der Waals surface area contributed by atoms with Crippen LogP contribution in [0.25, 0.3) is 0 Å². The third-order valence-electron chi connectivity index (χ3n) is 2.47. The van der Waals surface area contributed by atoms with Gasteiger partial charge in [-0.3, -0.25) is 14.3 Å². The summed E-state index contributed by atoms with van der Waals surface area (Å²) in [6.45, 7) is 0.972. The smallest absolute Gasteiger partial charge is 0.328 e. The number of rotatable bonds is 4. The van der Waals surface area contributed by atoms with Crippen molar-refractivity contribution in [2.45, 2.75) is 6.54 Å². The van der Waals surface area contributed by atoms with Gasteiger partial charge in [-0.15, -0.1) is 0 Å². The van der Waals surface area contributed by atoms with Crippen LogP contribution < -0.4 is 16.6 Å². The van der Waals surface area contributed by atoms with Crippen molar-refractivity contribution < 1.29 is 0 Å². The fraction of sp³-hybridized carbons (Fsp3) is 0.167. The van der Waals surface area contributed by atoms with Crippen LogP contribution in [0.5, 0.6) is 0 Å². The van der Waals surface area contributed by atoms with Gasteiger partial charge in [-0.05, 0) is 34.1 Å². The lowest BCUT2D eigenvalue weighted by Gasteiger charge is -2.08. The van der Waals surface area contributed by atoms with Crippen LogP contribution in [-0.2, 0) is 6.54 Å². The van der Waals surface area contributed by atoms with E-state index in [0.717, 1.165) is 5.69 Å². The van der Waals surface area contributed by atoms with Crippen LogP contribution >= 0.6 is 27.5 Å². The van der Waals surface area contributed by atoms with Crippen LogP contribution in [0.15, 0.2) is 44.5 Å². The molecule has 0 amide bonds. The fourth-order valence-electron chi connectivity index (χ4n) is 1.57. The first-order valence-corrected chi connectivity index (χ1v) is 6.72. The van der Waals surface area contributed by atoms with Gasteiger partial charge in [0, 0.05) is 30.0 Å². The maximum absolute atomic E-state index is 11.5. The maximum Gasteiger partial charge on any atom is 0.328 e. The number of halogens is 2. The van der Waals surface area contributed by atoms with E-state index in [1.165, 1.54) is 10.8 Å². The first-order chi connectivity index (χ1) is 9.06. The van der Waals surface area contributed by atoms with Gasteiger partial charge in [0.2, 0.25) is 0 Å². The number of benzene rings is 1. The highest BCUT2D eigenvalue weighted by molar-refractivity contribution is 9.10. The first-order valence-electron chi connectivity index (χ1n) is 5.55. The number of nitrogens with one attached hydrogen (secondary N) is 2. The number of aromatic amines is 1. The highest BCUT2D eigenvalue weighted by Crippen LogP contribution is 2.14. The molecule has 0 aliphatic rings. The molecule has 0 bridgehead atoms. The third kappa shape index (κ3) is 3.71. The number of hydrogen-bond donors (Lipinski definition) is 2. The Morgan fingerprint density at radius 2 is 2.16 bits per heavy atom. The summed E-state index contributed by atoms with van der Waals surface area (Å²) in [7, 11) is 0. The molecule has 0 saturated carbocycles. The minimum Gasteiger partial charge on any atom is -0.383 e. The SMILES string of the molecule is O=c1[nH]c(=O)n(CCNc2cccc(Cl)c2)cc1Br. The predicted molar refractivity (Wildman–Crippen MR) is 79.0 cm³/mol. The first kappa shape index (κ1) is 13.9. The normalized spacial score (nSPS) is 10.4. The Morgan fingerprint density at radius 1 is 1.37 bits per heavy atom. The van der Waals surface area contributed by atoms with Crippen LogP contribution in [0.4, 0.5) is 5.69 Å². The number of aromatic nitrogens is 2. The molecule has 0 aliphatic heterocycles. The molecule has 7 heteroatoms. The lowest BCUT2D eigenvalue weighted by atomic mass is 10.3. The van der Waals surface area contributed by atoms with Crippen molar-refractivity contribution in [2.75, 3.05) is 11.9 Å². The zero-order valence-electron chi connectivity index (χ0n) is 9.82. The zero-order valence-corrected chi connectivity index (χ0v) is 12.2. The van der Waals surface area contributed by atoms with Crippen molar-refractivity contribution in [1.29, 1.82) is 0 Å². The molecule has 0 saturated heterocycles. The highest BCUT2D eigenvalue weighted by atomic mass is 79.9. The minimum absolute atomic E-state index is 0.329. The van der Waals surface area contributed by atoms with E-state index in [2.05, 4.69) is 26.2 Å². The van der Waals surface area contributed by atoms with E-state index in [9.17, 15) is 9.59 Å². The number of H-pyrrole nitrogens is 1. The maximum atomic E-state index is 11.5. The van der Waals surface area contributed by atoms with Crippen molar-refractivity contribution in [3.63, 3.8) is 0 Å². The number of anilines is 1. The van der Waals surface area contributed by atoms with E-state index in [0.29, 0.717) is 22.6 Å². The van der Waals surface area contributed by atoms with Crippen LogP contribution in [-0.4, -0.2) is 16.1 Å². The molecule has 5 nitrogen and oxygen atoms in total. The second-order valence-corrected chi connectivity index (χ2v) is 5.16. The van der Waals surface area contributed by atoms with Gasteiger partial charge in [0.15, 0.2) is 0 Å². The van der Waals surface area contributed by atoms with Crippen LogP contribution in [0.1, 0.15) is 0 Å². The van der Waals surface area contributed by atoms with Gasteiger partial charge in [0.1, 0.15) is 0 Å². The molecule has 1 aromatic carbocycles. The zero-order chi connectivity index (χ0) is 13.8. The molecule has 2 aromatic rings. The Bertz CT molecular complexity index is 696.